The third kappa shape index (κ3) is 3.04. The Kier molecular flexibility index (Phi) is 4.28. The van der Waals surface area contributed by atoms with E-state index in [2.05, 4.69) is 10.3 Å². The van der Waals surface area contributed by atoms with Gasteiger partial charge < -0.3 is 20.5 Å². The predicted octanol–water partition coefficient (Wildman–Crippen LogP) is -0.358. The van der Waals surface area contributed by atoms with E-state index in [4.69, 9.17) is 11.6 Å². The molecular weight excluding hydrogens is 220 g/mol. The van der Waals surface area contributed by atoms with Crippen molar-refractivity contribution in [2.75, 3.05) is 13.6 Å². The molecule has 1 aromatic heterocycles. The van der Waals surface area contributed by atoms with E-state index in [-0.39, 0.29) is 11.6 Å². The van der Waals surface area contributed by atoms with E-state index in [1.165, 1.54) is 12.3 Å². The van der Waals surface area contributed by atoms with Gasteiger partial charge in [-0.2, -0.15) is 0 Å². The molecule has 1 aromatic rings. The molecule has 84 valence electrons. The van der Waals surface area contributed by atoms with Gasteiger partial charge in [0.1, 0.15) is 11.1 Å². The summed E-state index contributed by atoms with van der Waals surface area (Å²) in [7, 11) is 1.66. The lowest BCUT2D eigenvalue weighted by Crippen LogP contribution is -2.30. The van der Waals surface area contributed by atoms with E-state index in [0.717, 1.165) is 0 Å². The lowest BCUT2D eigenvalue weighted by molar-refractivity contribution is 0.0200. The molecule has 0 amide bonds. The van der Waals surface area contributed by atoms with Crippen molar-refractivity contribution >= 4 is 11.6 Å². The fraction of sp³-hybridized carbons (Fsp3) is 0.444. The molecular formula is C9H13ClN2O3. The van der Waals surface area contributed by atoms with Crippen LogP contribution in [0.5, 0.6) is 0 Å². The number of pyridine rings is 1. The van der Waals surface area contributed by atoms with Crippen LogP contribution in [0.4, 0.5) is 0 Å². The zero-order valence-corrected chi connectivity index (χ0v) is 8.95. The van der Waals surface area contributed by atoms with Crippen LogP contribution in [0, 0.1) is 0 Å². The number of H-pyrrole nitrogens is 1. The molecule has 15 heavy (non-hydrogen) atoms. The van der Waals surface area contributed by atoms with Crippen molar-refractivity contribution in [1.82, 2.24) is 10.3 Å². The highest BCUT2D eigenvalue weighted by Crippen LogP contribution is 2.16. The molecule has 0 fully saturated rings. The van der Waals surface area contributed by atoms with Crippen molar-refractivity contribution in [3.63, 3.8) is 0 Å². The normalized spacial score (nSPS) is 14.9. The SMILES string of the molecule is CNCC(O)C(O)c1c[nH]c(=O)c(Cl)c1. The molecule has 2 unspecified atom stereocenters. The molecule has 1 heterocycles. The number of nitrogens with one attached hydrogen (secondary N) is 2. The quantitative estimate of drug-likeness (QED) is 0.571. The predicted molar refractivity (Wildman–Crippen MR) is 57.0 cm³/mol. The Morgan fingerprint density at radius 3 is 2.80 bits per heavy atom. The Bertz CT molecular complexity index is 380. The van der Waals surface area contributed by atoms with Crippen molar-refractivity contribution in [1.29, 1.82) is 0 Å². The average molecular weight is 233 g/mol. The van der Waals surface area contributed by atoms with Crippen molar-refractivity contribution < 1.29 is 10.2 Å². The molecule has 0 radical (unpaired) electrons. The fourth-order valence-corrected chi connectivity index (χ4v) is 1.37. The summed E-state index contributed by atoms with van der Waals surface area (Å²) >= 11 is 5.59. The fourth-order valence-electron chi connectivity index (χ4n) is 1.19. The van der Waals surface area contributed by atoms with Crippen LogP contribution in [-0.2, 0) is 0 Å². The van der Waals surface area contributed by atoms with Crippen molar-refractivity contribution in [3.05, 3.63) is 33.2 Å². The first-order valence-electron chi connectivity index (χ1n) is 4.45. The molecule has 0 aliphatic rings. The van der Waals surface area contributed by atoms with E-state index in [0.29, 0.717) is 5.56 Å². The molecule has 0 aliphatic carbocycles. The number of likely N-dealkylation sites (N-methyl/N-ethyl adjacent to an activating group) is 1. The van der Waals surface area contributed by atoms with E-state index in [1.54, 1.807) is 7.05 Å². The molecule has 0 saturated heterocycles. The zero-order valence-electron chi connectivity index (χ0n) is 8.20. The van der Waals surface area contributed by atoms with Crippen LogP contribution in [0.2, 0.25) is 5.02 Å². The summed E-state index contributed by atoms with van der Waals surface area (Å²) in [6, 6.07) is 1.34. The molecule has 6 heteroatoms. The molecule has 5 nitrogen and oxygen atoms in total. The second-order valence-electron chi connectivity index (χ2n) is 3.18. The van der Waals surface area contributed by atoms with Gasteiger partial charge in [0, 0.05) is 18.3 Å². The van der Waals surface area contributed by atoms with E-state index >= 15 is 0 Å². The summed E-state index contributed by atoms with van der Waals surface area (Å²) < 4.78 is 0. The smallest absolute Gasteiger partial charge is 0.266 e. The Balaban J connectivity index is 2.86. The maximum absolute atomic E-state index is 10.9. The summed E-state index contributed by atoms with van der Waals surface area (Å²) in [6.45, 7) is 0.248. The minimum atomic E-state index is -1.08. The van der Waals surface area contributed by atoms with Crippen LogP contribution >= 0.6 is 11.6 Å². The molecule has 1 rings (SSSR count). The molecule has 0 bridgehead atoms. The highest BCUT2D eigenvalue weighted by Gasteiger charge is 2.18. The highest BCUT2D eigenvalue weighted by molar-refractivity contribution is 6.30. The average Bonchev–Trinajstić information content (AvgIpc) is 2.21. The van der Waals surface area contributed by atoms with Gasteiger partial charge in [-0.3, -0.25) is 4.79 Å². The Morgan fingerprint density at radius 1 is 1.60 bits per heavy atom. The maximum atomic E-state index is 10.9. The molecule has 0 spiro atoms. The molecule has 0 saturated carbocycles. The lowest BCUT2D eigenvalue weighted by atomic mass is 10.1. The Labute approximate surface area is 91.7 Å². The molecule has 0 aromatic carbocycles. The third-order valence-electron chi connectivity index (χ3n) is 2.00. The topological polar surface area (TPSA) is 85.3 Å². The first-order chi connectivity index (χ1) is 7.06. The van der Waals surface area contributed by atoms with Crippen LogP contribution in [-0.4, -0.2) is 34.9 Å². The number of halogens is 1. The summed E-state index contributed by atoms with van der Waals surface area (Å²) in [6.07, 6.45) is -0.693. The number of hydrogen-bond acceptors (Lipinski definition) is 4. The summed E-state index contributed by atoms with van der Waals surface area (Å²) in [5, 5.41) is 21.9. The zero-order chi connectivity index (χ0) is 11.4. The van der Waals surface area contributed by atoms with Crippen molar-refractivity contribution in [2.24, 2.45) is 0 Å². The largest absolute Gasteiger partial charge is 0.389 e. The minimum absolute atomic E-state index is 0.0109. The lowest BCUT2D eigenvalue weighted by Gasteiger charge is -2.17. The second-order valence-corrected chi connectivity index (χ2v) is 3.59. The molecule has 4 N–H and O–H groups in total. The number of aliphatic hydroxyl groups excluding tert-OH is 2. The van der Waals surface area contributed by atoms with Gasteiger partial charge in [0.15, 0.2) is 0 Å². The van der Waals surface area contributed by atoms with Crippen molar-refractivity contribution in [3.8, 4) is 0 Å². The molecule has 2 atom stereocenters. The highest BCUT2D eigenvalue weighted by atomic mass is 35.5. The van der Waals surface area contributed by atoms with Crippen LogP contribution in [0.1, 0.15) is 11.7 Å². The van der Waals surface area contributed by atoms with E-state index < -0.39 is 17.8 Å². The van der Waals surface area contributed by atoms with Crippen LogP contribution < -0.4 is 10.9 Å². The monoisotopic (exact) mass is 232 g/mol. The number of rotatable bonds is 4. The first kappa shape index (κ1) is 12.2. The summed E-state index contributed by atoms with van der Waals surface area (Å²) in [4.78, 5) is 13.3. The number of hydrogen-bond donors (Lipinski definition) is 4. The van der Waals surface area contributed by atoms with Gasteiger partial charge in [-0.1, -0.05) is 11.6 Å². The van der Waals surface area contributed by atoms with Crippen molar-refractivity contribution in [2.45, 2.75) is 12.2 Å². The summed E-state index contributed by atoms with van der Waals surface area (Å²) in [5.74, 6) is 0. The third-order valence-corrected chi connectivity index (χ3v) is 2.28. The Morgan fingerprint density at radius 2 is 2.27 bits per heavy atom. The second kappa shape index (κ2) is 5.27. The Hall–Kier alpha value is -0.880. The first-order valence-corrected chi connectivity index (χ1v) is 4.83. The number of aliphatic hydroxyl groups is 2. The van der Waals surface area contributed by atoms with Crippen LogP contribution in [0.3, 0.4) is 0 Å². The van der Waals surface area contributed by atoms with Gasteiger partial charge in [-0.15, -0.1) is 0 Å². The van der Waals surface area contributed by atoms with Crippen LogP contribution in [0.25, 0.3) is 0 Å². The van der Waals surface area contributed by atoms with Gasteiger partial charge in [0.05, 0.1) is 6.10 Å². The summed E-state index contributed by atoms with van der Waals surface area (Å²) in [5.41, 5.74) is -0.0435. The minimum Gasteiger partial charge on any atom is -0.389 e. The van der Waals surface area contributed by atoms with Gasteiger partial charge in [-0.25, -0.2) is 0 Å². The van der Waals surface area contributed by atoms with E-state index in [1.807, 2.05) is 0 Å². The number of aromatic amines is 1. The van der Waals surface area contributed by atoms with Gasteiger partial charge in [-0.05, 0) is 13.1 Å². The number of aromatic nitrogens is 1. The maximum Gasteiger partial charge on any atom is 0.266 e. The van der Waals surface area contributed by atoms with E-state index in [9.17, 15) is 15.0 Å². The van der Waals surface area contributed by atoms with Crippen LogP contribution in [0.15, 0.2) is 17.1 Å². The van der Waals surface area contributed by atoms with Gasteiger partial charge >= 0.3 is 0 Å². The molecule has 0 aliphatic heterocycles. The van der Waals surface area contributed by atoms with Gasteiger partial charge in [0.2, 0.25) is 0 Å². The standard InChI is InChI=1S/C9H13ClN2O3/c1-11-4-7(13)8(14)5-2-6(10)9(15)12-3-5/h2-3,7-8,11,13-14H,4H2,1H3,(H,12,15). The van der Waals surface area contributed by atoms with Gasteiger partial charge in [0.25, 0.3) is 5.56 Å².